The molecule has 1 saturated carbocycles. The minimum Gasteiger partial charge on any atom is -0.370 e. The predicted molar refractivity (Wildman–Crippen MR) is 89.7 cm³/mol. The number of rotatable bonds is 4. The maximum atomic E-state index is 6.10. The molecule has 3 heteroatoms. The van der Waals surface area contributed by atoms with E-state index >= 15 is 0 Å². The number of hydrogen-bond acceptors (Lipinski definition) is 3. The molecule has 1 heterocycles. The maximum absolute atomic E-state index is 6.10. The third-order valence-corrected chi connectivity index (χ3v) is 5.23. The Morgan fingerprint density at radius 2 is 1.95 bits per heavy atom. The Hall–Kier alpha value is -0.120. The van der Waals surface area contributed by atoms with Crippen LogP contribution in [0, 0.1) is 5.41 Å². The second kappa shape index (κ2) is 6.55. The molecule has 0 aromatic heterocycles. The van der Waals surface area contributed by atoms with Crippen molar-refractivity contribution in [2.24, 2.45) is 5.41 Å². The molecule has 1 aliphatic heterocycles. The van der Waals surface area contributed by atoms with Crippen LogP contribution in [0.3, 0.4) is 0 Å². The van der Waals surface area contributed by atoms with Crippen molar-refractivity contribution in [2.75, 3.05) is 19.6 Å². The normalized spacial score (nSPS) is 36.6. The van der Waals surface area contributed by atoms with Gasteiger partial charge in [-0.15, -0.1) is 0 Å². The van der Waals surface area contributed by atoms with Gasteiger partial charge in [-0.3, -0.25) is 4.90 Å². The first-order valence-corrected chi connectivity index (χ1v) is 8.90. The lowest BCUT2D eigenvalue weighted by molar-refractivity contribution is -0.147. The van der Waals surface area contributed by atoms with Crippen molar-refractivity contribution in [3.8, 4) is 0 Å². The van der Waals surface area contributed by atoms with E-state index in [1.165, 1.54) is 25.7 Å². The van der Waals surface area contributed by atoms with Crippen LogP contribution in [0.5, 0.6) is 0 Å². The van der Waals surface area contributed by atoms with E-state index in [1.807, 2.05) is 0 Å². The largest absolute Gasteiger partial charge is 0.370 e. The zero-order valence-electron chi connectivity index (χ0n) is 15.0. The van der Waals surface area contributed by atoms with Gasteiger partial charge in [0.1, 0.15) is 0 Å². The lowest BCUT2D eigenvalue weighted by atomic mass is 9.70. The molecule has 1 saturated heterocycles. The number of hydrogen-bond donors (Lipinski definition) is 1. The van der Waals surface area contributed by atoms with Gasteiger partial charge < -0.3 is 10.1 Å². The molecule has 3 nitrogen and oxygen atoms in total. The monoisotopic (exact) mass is 296 g/mol. The first-order valence-electron chi connectivity index (χ1n) is 8.90. The van der Waals surface area contributed by atoms with Crippen molar-refractivity contribution in [3.63, 3.8) is 0 Å². The first kappa shape index (κ1) is 17.2. The molecule has 0 radical (unpaired) electrons. The molecular formula is C18H36N2O. The summed E-state index contributed by atoms with van der Waals surface area (Å²) in [5.74, 6) is 0. The Kier molecular flexibility index (Phi) is 5.38. The van der Waals surface area contributed by atoms with E-state index < -0.39 is 0 Å². The fraction of sp³-hybridized carbons (Fsp3) is 1.00. The molecular weight excluding hydrogens is 260 g/mol. The van der Waals surface area contributed by atoms with Gasteiger partial charge in [0.2, 0.25) is 0 Å². The number of morpholine rings is 1. The predicted octanol–water partition coefficient (Wildman–Crippen LogP) is 3.43. The molecule has 1 aliphatic carbocycles. The summed E-state index contributed by atoms with van der Waals surface area (Å²) in [5.41, 5.74) is 0.373. The third-order valence-electron chi connectivity index (χ3n) is 5.23. The summed E-state index contributed by atoms with van der Waals surface area (Å²) in [6, 6.07) is 1.26. The van der Waals surface area contributed by atoms with Crippen LogP contribution in [0.2, 0.25) is 0 Å². The summed E-state index contributed by atoms with van der Waals surface area (Å²) < 4.78 is 6.10. The van der Waals surface area contributed by atoms with Gasteiger partial charge in [0.05, 0.1) is 11.7 Å². The standard InChI is InChI=1S/C18H36N2O/c1-7-11-19-16-15(9-8-10-17(16,3)4)20-12-14(2)21-18(5,6)13-20/h14-16,19H,7-13H2,1-6H3. The van der Waals surface area contributed by atoms with Gasteiger partial charge in [0, 0.05) is 25.2 Å². The van der Waals surface area contributed by atoms with Gasteiger partial charge in [-0.05, 0) is 52.0 Å². The number of nitrogens with one attached hydrogen (secondary N) is 1. The van der Waals surface area contributed by atoms with Crippen molar-refractivity contribution in [3.05, 3.63) is 0 Å². The Morgan fingerprint density at radius 3 is 2.57 bits per heavy atom. The lowest BCUT2D eigenvalue weighted by Crippen LogP contribution is -2.64. The SMILES string of the molecule is CCCNC1C(N2CC(C)OC(C)(C)C2)CCCC1(C)C. The summed E-state index contributed by atoms with van der Waals surface area (Å²) in [4.78, 5) is 2.71. The van der Waals surface area contributed by atoms with Crippen LogP contribution in [0.15, 0.2) is 0 Å². The van der Waals surface area contributed by atoms with E-state index in [4.69, 9.17) is 4.74 Å². The molecule has 0 aromatic carbocycles. The number of ether oxygens (including phenoxy) is 1. The van der Waals surface area contributed by atoms with Crippen molar-refractivity contribution < 1.29 is 4.74 Å². The average Bonchev–Trinajstić information content (AvgIpc) is 2.33. The first-order chi connectivity index (χ1) is 9.75. The smallest absolute Gasteiger partial charge is 0.0757 e. The molecule has 2 rings (SSSR count). The highest BCUT2D eigenvalue weighted by Crippen LogP contribution is 2.39. The second-order valence-electron chi connectivity index (χ2n) is 8.50. The maximum Gasteiger partial charge on any atom is 0.0757 e. The highest BCUT2D eigenvalue weighted by atomic mass is 16.5. The van der Waals surface area contributed by atoms with E-state index in [-0.39, 0.29) is 5.60 Å². The van der Waals surface area contributed by atoms with Gasteiger partial charge in [0.15, 0.2) is 0 Å². The molecule has 3 unspecified atom stereocenters. The van der Waals surface area contributed by atoms with Crippen molar-refractivity contribution in [1.29, 1.82) is 0 Å². The summed E-state index contributed by atoms with van der Waals surface area (Å²) >= 11 is 0. The molecule has 3 atom stereocenters. The molecule has 2 aliphatic rings. The topological polar surface area (TPSA) is 24.5 Å². The fourth-order valence-corrected chi connectivity index (χ4v) is 4.47. The van der Waals surface area contributed by atoms with E-state index in [2.05, 4.69) is 51.8 Å². The molecule has 0 amide bonds. The molecule has 0 bridgehead atoms. The zero-order valence-corrected chi connectivity index (χ0v) is 15.0. The Labute approximate surface area is 131 Å². The Balaban J connectivity index is 2.14. The summed E-state index contributed by atoms with van der Waals surface area (Å²) in [7, 11) is 0. The van der Waals surface area contributed by atoms with Crippen LogP contribution >= 0.6 is 0 Å². The molecule has 21 heavy (non-hydrogen) atoms. The van der Waals surface area contributed by atoms with Gasteiger partial charge in [0.25, 0.3) is 0 Å². The van der Waals surface area contributed by atoms with Gasteiger partial charge in [-0.25, -0.2) is 0 Å². The fourth-order valence-electron chi connectivity index (χ4n) is 4.47. The molecule has 0 spiro atoms. The average molecular weight is 296 g/mol. The second-order valence-corrected chi connectivity index (χ2v) is 8.50. The van der Waals surface area contributed by atoms with Crippen LogP contribution in [-0.4, -0.2) is 48.3 Å². The highest BCUT2D eigenvalue weighted by Gasteiger charge is 2.44. The summed E-state index contributed by atoms with van der Waals surface area (Å²) in [6.45, 7) is 17.1. The lowest BCUT2D eigenvalue weighted by Gasteiger charge is -2.53. The van der Waals surface area contributed by atoms with Gasteiger partial charge in [-0.1, -0.05) is 27.2 Å². The highest BCUT2D eigenvalue weighted by molar-refractivity contribution is 5.00. The van der Waals surface area contributed by atoms with E-state index in [0.29, 0.717) is 23.6 Å². The Bertz CT molecular complexity index is 340. The zero-order chi connectivity index (χ0) is 15.7. The van der Waals surface area contributed by atoms with E-state index in [0.717, 1.165) is 19.6 Å². The molecule has 2 fully saturated rings. The van der Waals surface area contributed by atoms with E-state index in [9.17, 15) is 0 Å². The van der Waals surface area contributed by atoms with Crippen molar-refractivity contribution >= 4 is 0 Å². The minimum atomic E-state index is -0.0193. The van der Waals surface area contributed by atoms with Crippen molar-refractivity contribution in [2.45, 2.75) is 91.0 Å². The van der Waals surface area contributed by atoms with Crippen LogP contribution in [0.25, 0.3) is 0 Å². The number of nitrogens with zero attached hydrogens (tertiary/aromatic N) is 1. The minimum absolute atomic E-state index is 0.0193. The van der Waals surface area contributed by atoms with Crippen LogP contribution in [-0.2, 0) is 4.74 Å². The van der Waals surface area contributed by atoms with Crippen LogP contribution in [0.1, 0.15) is 67.2 Å². The third kappa shape index (κ3) is 4.20. The van der Waals surface area contributed by atoms with E-state index in [1.54, 1.807) is 0 Å². The Morgan fingerprint density at radius 1 is 1.24 bits per heavy atom. The van der Waals surface area contributed by atoms with Crippen molar-refractivity contribution in [1.82, 2.24) is 10.2 Å². The van der Waals surface area contributed by atoms with Crippen LogP contribution < -0.4 is 5.32 Å². The quantitative estimate of drug-likeness (QED) is 0.860. The molecule has 124 valence electrons. The molecule has 1 N–H and O–H groups in total. The summed E-state index contributed by atoms with van der Waals surface area (Å²) in [6.07, 6.45) is 5.57. The van der Waals surface area contributed by atoms with Gasteiger partial charge >= 0.3 is 0 Å². The molecule has 0 aromatic rings. The van der Waals surface area contributed by atoms with Crippen LogP contribution in [0.4, 0.5) is 0 Å². The van der Waals surface area contributed by atoms with Gasteiger partial charge in [-0.2, -0.15) is 0 Å². The summed E-state index contributed by atoms with van der Waals surface area (Å²) in [5, 5.41) is 3.87.